The molecular formula is C8H6N6O. The van der Waals surface area contributed by atoms with Gasteiger partial charge < -0.3 is 5.32 Å². The van der Waals surface area contributed by atoms with Gasteiger partial charge in [-0.3, -0.25) is 15.0 Å². The summed E-state index contributed by atoms with van der Waals surface area (Å²) in [6, 6.07) is 1.89. The largest absolute Gasteiger partial charge is 0.306 e. The van der Waals surface area contributed by atoms with Crippen LogP contribution in [0.5, 0.6) is 0 Å². The van der Waals surface area contributed by atoms with Crippen LogP contribution < -0.4 is 5.32 Å². The topological polar surface area (TPSA) is 110 Å². The fraction of sp³-hybridized carbons (Fsp3) is 0. The maximum absolute atomic E-state index is 11.5. The number of amides is 1. The van der Waals surface area contributed by atoms with Gasteiger partial charge in [0, 0.05) is 6.20 Å². The molecule has 3 N–H and O–H groups in total. The van der Waals surface area contributed by atoms with E-state index >= 15 is 0 Å². The second-order valence-corrected chi connectivity index (χ2v) is 2.71. The molecule has 0 aromatic carbocycles. The van der Waals surface area contributed by atoms with Crippen LogP contribution in [0, 0.1) is 11.3 Å². The Balaban J connectivity index is 2.17. The summed E-state index contributed by atoms with van der Waals surface area (Å²) in [4.78, 5) is 11.5. The number of aromatic amines is 2. The van der Waals surface area contributed by atoms with E-state index in [1.165, 1.54) is 18.6 Å². The zero-order chi connectivity index (χ0) is 10.7. The van der Waals surface area contributed by atoms with E-state index in [2.05, 4.69) is 25.7 Å². The van der Waals surface area contributed by atoms with Gasteiger partial charge in [-0.05, 0) is 0 Å². The Hall–Kier alpha value is -2.62. The number of hydrogen-bond donors (Lipinski definition) is 3. The van der Waals surface area contributed by atoms with Gasteiger partial charge in [0.2, 0.25) is 0 Å². The number of nitriles is 1. The average molecular weight is 202 g/mol. The van der Waals surface area contributed by atoms with Crippen LogP contribution in [0.2, 0.25) is 0 Å². The number of carbonyl (C=O) groups is 1. The molecule has 15 heavy (non-hydrogen) atoms. The predicted molar refractivity (Wildman–Crippen MR) is 49.8 cm³/mol. The summed E-state index contributed by atoms with van der Waals surface area (Å²) in [5.74, 6) is -0.0757. The van der Waals surface area contributed by atoms with Crippen LogP contribution in [-0.2, 0) is 0 Å². The lowest BCUT2D eigenvalue weighted by Gasteiger charge is -1.99. The van der Waals surface area contributed by atoms with E-state index in [0.29, 0.717) is 5.56 Å². The Morgan fingerprint density at radius 3 is 3.00 bits per heavy atom. The van der Waals surface area contributed by atoms with Gasteiger partial charge in [0.25, 0.3) is 5.91 Å². The first-order chi connectivity index (χ1) is 7.31. The predicted octanol–water partition coefficient (Wildman–Crippen LogP) is 0.257. The molecule has 2 rings (SSSR count). The molecule has 2 aromatic rings. The summed E-state index contributed by atoms with van der Waals surface area (Å²) in [7, 11) is 0. The van der Waals surface area contributed by atoms with Crippen molar-refractivity contribution in [2.75, 3.05) is 5.32 Å². The average Bonchev–Trinajstić information content (AvgIpc) is 2.87. The highest BCUT2D eigenvalue weighted by molar-refractivity contribution is 6.03. The number of aromatic nitrogens is 4. The maximum Gasteiger partial charge on any atom is 0.260 e. The molecule has 0 aliphatic carbocycles. The lowest BCUT2D eigenvalue weighted by Crippen LogP contribution is -2.12. The minimum Gasteiger partial charge on any atom is -0.306 e. The lowest BCUT2D eigenvalue weighted by molar-refractivity contribution is 0.102. The highest BCUT2D eigenvalue weighted by Crippen LogP contribution is 2.10. The number of nitrogens with zero attached hydrogens (tertiary/aromatic N) is 3. The van der Waals surface area contributed by atoms with E-state index in [4.69, 9.17) is 5.26 Å². The first kappa shape index (κ1) is 8.96. The van der Waals surface area contributed by atoms with E-state index in [0.717, 1.165) is 0 Å². The van der Waals surface area contributed by atoms with Gasteiger partial charge in [-0.15, -0.1) is 0 Å². The Labute approximate surface area is 84.1 Å². The molecule has 0 saturated carbocycles. The molecule has 0 atom stereocenters. The van der Waals surface area contributed by atoms with Crippen LogP contribution in [0.15, 0.2) is 18.6 Å². The molecule has 2 aromatic heterocycles. The zero-order valence-electron chi connectivity index (χ0n) is 7.48. The van der Waals surface area contributed by atoms with Crippen LogP contribution in [0.3, 0.4) is 0 Å². The number of hydrogen-bond acceptors (Lipinski definition) is 4. The fourth-order valence-corrected chi connectivity index (χ4v) is 1.03. The summed E-state index contributed by atoms with van der Waals surface area (Å²) in [5, 5.41) is 23.5. The molecule has 0 bridgehead atoms. The number of H-pyrrole nitrogens is 2. The van der Waals surface area contributed by atoms with Crippen LogP contribution >= 0.6 is 0 Å². The van der Waals surface area contributed by atoms with E-state index < -0.39 is 0 Å². The Kier molecular flexibility index (Phi) is 2.17. The van der Waals surface area contributed by atoms with Crippen molar-refractivity contribution >= 4 is 11.7 Å². The van der Waals surface area contributed by atoms with Crippen molar-refractivity contribution in [3.63, 3.8) is 0 Å². The Morgan fingerprint density at radius 1 is 1.47 bits per heavy atom. The molecule has 0 spiro atoms. The highest BCUT2D eigenvalue weighted by Gasteiger charge is 2.10. The highest BCUT2D eigenvalue weighted by atomic mass is 16.1. The molecule has 0 radical (unpaired) electrons. The number of nitrogens with one attached hydrogen (secondary N) is 3. The third-order valence-corrected chi connectivity index (χ3v) is 1.76. The molecule has 2 heterocycles. The Morgan fingerprint density at radius 2 is 2.33 bits per heavy atom. The quantitative estimate of drug-likeness (QED) is 0.648. The summed E-state index contributed by atoms with van der Waals surface area (Å²) in [6.07, 6.45) is 4.18. The van der Waals surface area contributed by atoms with Crippen LogP contribution in [0.1, 0.15) is 15.9 Å². The maximum atomic E-state index is 11.5. The molecule has 0 saturated heterocycles. The molecule has 7 heteroatoms. The van der Waals surface area contributed by atoms with Crippen molar-refractivity contribution in [1.29, 1.82) is 5.26 Å². The zero-order valence-corrected chi connectivity index (χ0v) is 7.48. The van der Waals surface area contributed by atoms with Gasteiger partial charge in [0.1, 0.15) is 17.5 Å². The van der Waals surface area contributed by atoms with E-state index in [9.17, 15) is 4.79 Å². The lowest BCUT2D eigenvalue weighted by atomic mass is 10.3. The van der Waals surface area contributed by atoms with Gasteiger partial charge in [0.15, 0.2) is 0 Å². The normalized spacial score (nSPS) is 9.53. The number of rotatable bonds is 2. The molecule has 0 aliphatic heterocycles. The minimum atomic E-state index is -0.357. The second kappa shape index (κ2) is 3.63. The van der Waals surface area contributed by atoms with Crippen molar-refractivity contribution in [3.8, 4) is 6.07 Å². The fourth-order valence-electron chi connectivity index (χ4n) is 1.03. The molecule has 0 unspecified atom stereocenters. The van der Waals surface area contributed by atoms with Crippen LogP contribution in [-0.4, -0.2) is 26.3 Å². The summed E-state index contributed by atoms with van der Waals surface area (Å²) in [5.41, 5.74) is 0.667. The van der Waals surface area contributed by atoms with Crippen LogP contribution in [0.25, 0.3) is 0 Å². The van der Waals surface area contributed by atoms with Crippen molar-refractivity contribution in [2.45, 2.75) is 0 Å². The first-order valence-corrected chi connectivity index (χ1v) is 4.05. The van der Waals surface area contributed by atoms with Crippen LogP contribution in [0.4, 0.5) is 5.82 Å². The monoisotopic (exact) mass is 202 g/mol. The number of carbonyl (C=O) groups excluding carboxylic acids is 1. The SMILES string of the molecule is N#Cc1cn[nH]c1NC(=O)c1cn[nH]c1. The Bertz CT molecular complexity index is 505. The molecular weight excluding hydrogens is 196 g/mol. The molecule has 74 valence electrons. The van der Waals surface area contributed by atoms with Crippen molar-refractivity contribution in [3.05, 3.63) is 29.7 Å². The third kappa shape index (κ3) is 1.68. The van der Waals surface area contributed by atoms with E-state index in [1.807, 2.05) is 6.07 Å². The van der Waals surface area contributed by atoms with E-state index in [-0.39, 0.29) is 17.3 Å². The molecule has 7 nitrogen and oxygen atoms in total. The molecule has 0 fully saturated rings. The van der Waals surface area contributed by atoms with Gasteiger partial charge in [-0.25, -0.2) is 0 Å². The smallest absolute Gasteiger partial charge is 0.260 e. The van der Waals surface area contributed by atoms with Crippen molar-refractivity contribution in [1.82, 2.24) is 20.4 Å². The molecule has 0 aliphatic rings. The van der Waals surface area contributed by atoms with Crippen molar-refractivity contribution in [2.24, 2.45) is 0 Å². The van der Waals surface area contributed by atoms with Gasteiger partial charge in [0.05, 0.1) is 18.0 Å². The summed E-state index contributed by atoms with van der Waals surface area (Å²) in [6.45, 7) is 0. The van der Waals surface area contributed by atoms with Crippen molar-refractivity contribution < 1.29 is 4.79 Å². The van der Waals surface area contributed by atoms with Gasteiger partial charge in [-0.2, -0.15) is 15.5 Å². The number of anilines is 1. The van der Waals surface area contributed by atoms with Gasteiger partial charge in [-0.1, -0.05) is 0 Å². The first-order valence-electron chi connectivity index (χ1n) is 4.05. The summed E-state index contributed by atoms with van der Waals surface area (Å²) >= 11 is 0. The standard InChI is InChI=1S/C8H6N6O/c9-1-5-2-12-14-7(5)13-8(15)6-3-10-11-4-6/h2-4H,(H,10,11)(H2,12,13,14,15). The minimum absolute atomic E-state index is 0.281. The summed E-state index contributed by atoms with van der Waals surface area (Å²) < 4.78 is 0. The van der Waals surface area contributed by atoms with Gasteiger partial charge >= 0.3 is 0 Å². The van der Waals surface area contributed by atoms with E-state index in [1.54, 1.807) is 0 Å². The molecule has 1 amide bonds. The third-order valence-electron chi connectivity index (χ3n) is 1.76. The second-order valence-electron chi connectivity index (χ2n) is 2.71.